The molecule has 0 saturated heterocycles. The molecule has 23 heavy (non-hydrogen) atoms. The van der Waals surface area contributed by atoms with Crippen LogP contribution in [0.15, 0.2) is 60.8 Å². The molecule has 0 bridgehead atoms. The van der Waals surface area contributed by atoms with Crippen LogP contribution in [0.2, 0.25) is 0 Å². The maximum Gasteiger partial charge on any atom is 0.166 e. The Labute approximate surface area is 132 Å². The lowest BCUT2D eigenvalue weighted by Gasteiger charge is -2.11. The Morgan fingerprint density at radius 2 is 1.61 bits per heavy atom. The number of halogens is 2. The predicted octanol–water partition coefficient (Wildman–Crippen LogP) is 4.19. The van der Waals surface area contributed by atoms with Gasteiger partial charge in [-0.05, 0) is 23.8 Å². The van der Waals surface area contributed by atoms with Gasteiger partial charge in [-0.1, -0.05) is 36.4 Å². The van der Waals surface area contributed by atoms with Gasteiger partial charge in [-0.2, -0.15) is 0 Å². The quantitative estimate of drug-likeness (QED) is 0.786. The molecule has 0 aliphatic carbocycles. The highest BCUT2D eigenvalue weighted by molar-refractivity contribution is 5.66. The number of benzene rings is 2. The molecule has 3 nitrogen and oxygen atoms in total. The maximum atomic E-state index is 13.6. The molecule has 1 heterocycles. The number of hydrogen-bond acceptors (Lipinski definition) is 3. The molecule has 2 N–H and O–H groups in total. The van der Waals surface area contributed by atoms with Gasteiger partial charge in [-0.25, -0.2) is 13.8 Å². The molecule has 0 amide bonds. The van der Waals surface area contributed by atoms with Crippen molar-refractivity contribution in [3.8, 4) is 16.9 Å². The summed E-state index contributed by atoms with van der Waals surface area (Å²) in [6, 6.07) is 14.9. The van der Waals surface area contributed by atoms with Crippen LogP contribution in [0.25, 0.3) is 11.1 Å². The Morgan fingerprint density at radius 3 is 2.30 bits per heavy atom. The monoisotopic (exact) mass is 312 g/mol. The van der Waals surface area contributed by atoms with E-state index in [-0.39, 0.29) is 23.7 Å². The van der Waals surface area contributed by atoms with Crippen molar-refractivity contribution in [3.05, 3.63) is 78.0 Å². The number of ether oxygens (including phenoxy) is 1. The summed E-state index contributed by atoms with van der Waals surface area (Å²) in [5.41, 5.74) is 7.40. The second-order valence-corrected chi connectivity index (χ2v) is 4.96. The van der Waals surface area contributed by atoms with Gasteiger partial charge >= 0.3 is 0 Å². The fourth-order valence-electron chi connectivity index (χ4n) is 2.18. The summed E-state index contributed by atoms with van der Waals surface area (Å²) in [4.78, 5) is 4.08. The van der Waals surface area contributed by atoms with Crippen LogP contribution in [0.1, 0.15) is 5.56 Å². The van der Waals surface area contributed by atoms with Crippen LogP contribution in [0.4, 0.5) is 14.6 Å². The summed E-state index contributed by atoms with van der Waals surface area (Å²) >= 11 is 0. The van der Waals surface area contributed by atoms with Gasteiger partial charge < -0.3 is 10.5 Å². The minimum absolute atomic E-state index is 0.142. The molecule has 0 unspecified atom stereocenters. The van der Waals surface area contributed by atoms with Gasteiger partial charge in [0.25, 0.3) is 0 Å². The Kier molecular flexibility index (Phi) is 4.19. The normalized spacial score (nSPS) is 10.5. The molecule has 0 fully saturated rings. The highest BCUT2D eigenvalue weighted by Gasteiger charge is 2.11. The van der Waals surface area contributed by atoms with Gasteiger partial charge in [0, 0.05) is 11.8 Å². The van der Waals surface area contributed by atoms with Crippen LogP contribution in [0, 0.1) is 11.6 Å². The average molecular weight is 312 g/mol. The van der Waals surface area contributed by atoms with Crippen molar-refractivity contribution < 1.29 is 13.5 Å². The van der Waals surface area contributed by atoms with E-state index < -0.39 is 11.6 Å². The van der Waals surface area contributed by atoms with Crippen LogP contribution in [0.5, 0.6) is 5.75 Å². The molecule has 0 atom stereocenters. The molecule has 0 spiro atoms. The molecule has 116 valence electrons. The Balaban J connectivity index is 1.86. The van der Waals surface area contributed by atoms with Crippen molar-refractivity contribution in [3.63, 3.8) is 0 Å². The fraction of sp³-hybridized carbons (Fsp3) is 0.0556. The minimum atomic E-state index is -0.657. The molecular weight excluding hydrogens is 298 g/mol. The number of aromatic nitrogens is 1. The van der Waals surface area contributed by atoms with Gasteiger partial charge in [0.05, 0.1) is 5.56 Å². The van der Waals surface area contributed by atoms with Crippen LogP contribution < -0.4 is 10.5 Å². The van der Waals surface area contributed by atoms with Crippen LogP contribution in [-0.2, 0) is 6.61 Å². The highest BCUT2D eigenvalue weighted by Crippen LogP contribution is 2.28. The van der Waals surface area contributed by atoms with Gasteiger partial charge in [0.1, 0.15) is 18.2 Å². The third-order valence-corrected chi connectivity index (χ3v) is 3.42. The molecule has 3 aromatic rings. The molecule has 2 aromatic carbocycles. The van der Waals surface area contributed by atoms with E-state index in [1.807, 2.05) is 30.3 Å². The third-order valence-electron chi connectivity index (χ3n) is 3.42. The number of nitrogens with zero attached hydrogens (tertiary/aromatic N) is 1. The number of nitrogen functional groups attached to an aromatic ring is 1. The van der Waals surface area contributed by atoms with E-state index in [2.05, 4.69) is 4.98 Å². The first-order valence-corrected chi connectivity index (χ1v) is 7.02. The number of anilines is 1. The van der Waals surface area contributed by atoms with Crippen molar-refractivity contribution in [2.75, 3.05) is 5.73 Å². The largest absolute Gasteiger partial charge is 0.485 e. The van der Waals surface area contributed by atoms with E-state index in [4.69, 9.17) is 10.5 Å². The molecule has 5 heteroatoms. The molecule has 0 saturated carbocycles. The molecule has 3 rings (SSSR count). The van der Waals surface area contributed by atoms with Gasteiger partial charge in [-0.3, -0.25) is 0 Å². The molecule has 0 aliphatic rings. The second-order valence-electron chi connectivity index (χ2n) is 4.96. The van der Waals surface area contributed by atoms with E-state index in [0.29, 0.717) is 0 Å². The van der Waals surface area contributed by atoms with Crippen molar-refractivity contribution in [2.45, 2.75) is 6.61 Å². The van der Waals surface area contributed by atoms with Crippen LogP contribution in [0.3, 0.4) is 0 Å². The molecule has 0 radical (unpaired) electrons. The summed E-state index contributed by atoms with van der Waals surface area (Å²) in [5.74, 6) is -0.859. The van der Waals surface area contributed by atoms with E-state index in [1.165, 1.54) is 18.2 Å². The number of pyridine rings is 1. The summed E-state index contributed by atoms with van der Waals surface area (Å²) in [7, 11) is 0. The lowest BCUT2D eigenvalue weighted by Crippen LogP contribution is -2.04. The fourth-order valence-corrected chi connectivity index (χ4v) is 2.18. The zero-order valence-electron chi connectivity index (χ0n) is 12.2. The van der Waals surface area contributed by atoms with E-state index in [9.17, 15) is 8.78 Å². The Morgan fingerprint density at radius 1 is 0.913 bits per heavy atom. The van der Waals surface area contributed by atoms with E-state index >= 15 is 0 Å². The number of hydrogen-bond donors (Lipinski definition) is 1. The van der Waals surface area contributed by atoms with Gasteiger partial charge in [0.2, 0.25) is 0 Å². The summed E-state index contributed by atoms with van der Waals surface area (Å²) in [6.07, 6.45) is 1.63. The van der Waals surface area contributed by atoms with E-state index in [0.717, 1.165) is 11.1 Å². The topological polar surface area (TPSA) is 48.1 Å². The zero-order valence-corrected chi connectivity index (χ0v) is 12.2. The van der Waals surface area contributed by atoms with Crippen molar-refractivity contribution in [1.29, 1.82) is 0 Å². The highest BCUT2D eigenvalue weighted by atomic mass is 19.1. The summed E-state index contributed by atoms with van der Waals surface area (Å²) in [5, 5.41) is 0. The summed E-state index contributed by atoms with van der Waals surface area (Å²) in [6.45, 7) is -0.261. The first-order chi connectivity index (χ1) is 11.1. The third kappa shape index (κ3) is 3.29. The Bertz CT molecular complexity index is 802. The standard InChI is InChI=1S/C18H14F2N2O/c19-15-7-4-8-16(20)14(15)11-23-17-9-13(10-22-18(17)21)12-5-2-1-3-6-12/h1-10H,11H2,(H2,21,22). The average Bonchev–Trinajstić information content (AvgIpc) is 2.57. The summed E-state index contributed by atoms with van der Waals surface area (Å²) < 4.78 is 32.7. The van der Waals surface area contributed by atoms with Crippen LogP contribution >= 0.6 is 0 Å². The van der Waals surface area contributed by atoms with Crippen molar-refractivity contribution in [1.82, 2.24) is 4.98 Å². The van der Waals surface area contributed by atoms with Crippen molar-refractivity contribution >= 4 is 5.82 Å². The van der Waals surface area contributed by atoms with Crippen molar-refractivity contribution in [2.24, 2.45) is 0 Å². The SMILES string of the molecule is Nc1ncc(-c2ccccc2)cc1OCc1c(F)cccc1F. The van der Waals surface area contributed by atoms with E-state index in [1.54, 1.807) is 12.3 Å². The smallest absolute Gasteiger partial charge is 0.166 e. The lowest BCUT2D eigenvalue weighted by atomic mass is 10.1. The lowest BCUT2D eigenvalue weighted by molar-refractivity contribution is 0.293. The van der Waals surface area contributed by atoms with Crippen LogP contribution in [-0.4, -0.2) is 4.98 Å². The number of rotatable bonds is 4. The Hall–Kier alpha value is -2.95. The first-order valence-electron chi connectivity index (χ1n) is 7.02. The predicted molar refractivity (Wildman–Crippen MR) is 84.8 cm³/mol. The van der Waals surface area contributed by atoms with Gasteiger partial charge in [-0.15, -0.1) is 0 Å². The zero-order chi connectivity index (χ0) is 16.2. The first kappa shape index (κ1) is 15.0. The molecular formula is C18H14F2N2O. The number of nitrogens with two attached hydrogens (primary N) is 1. The molecule has 1 aromatic heterocycles. The minimum Gasteiger partial charge on any atom is -0.485 e. The molecule has 0 aliphatic heterocycles. The maximum absolute atomic E-state index is 13.6. The van der Waals surface area contributed by atoms with Gasteiger partial charge in [0.15, 0.2) is 11.6 Å². The second kappa shape index (κ2) is 6.44.